The largest absolute Gasteiger partial charge is 0.497 e. The third-order valence-electron chi connectivity index (χ3n) is 4.27. The van der Waals surface area contributed by atoms with Crippen LogP contribution in [0.4, 0.5) is 0 Å². The van der Waals surface area contributed by atoms with E-state index in [-0.39, 0.29) is 11.8 Å². The molecule has 0 spiro atoms. The van der Waals surface area contributed by atoms with Gasteiger partial charge in [-0.05, 0) is 42.9 Å². The predicted octanol–water partition coefficient (Wildman–Crippen LogP) is 2.65. The number of ether oxygens (including phenoxy) is 1. The van der Waals surface area contributed by atoms with E-state index in [9.17, 15) is 14.7 Å². The van der Waals surface area contributed by atoms with Crippen molar-refractivity contribution < 1.29 is 19.4 Å². The number of hydrogen-bond donors (Lipinski definition) is 1. The summed E-state index contributed by atoms with van der Waals surface area (Å²) in [5.41, 5.74) is 1.05. The number of aliphatic carboxylic acids is 1. The zero-order valence-electron chi connectivity index (χ0n) is 13.1. The van der Waals surface area contributed by atoms with Gasteiger partial charge >= 0.3 is 5.97 Å². The highest BCUT2D eigenvalue weighted by atomic mass is 16.5. The fraction of sp³-hybridized carbons (Fsp3) is 0.529. The molecule has 0 aliphatic carbocycles. The van der Waals surface area contributed by atoms with Gasteiger partial charge in [-0.3, -0.25) is 4.79 Å². The van der Waals surface area contributed by atoms with Crippen molar-refractivity contribution in [2.24, 2.45) is 0 Å². The molecule has 0 saturated carbocycles. The van der Waals surface area contributed by atoms with Crippen molar-refractivity contribution in [3.63, 3.8) is 0 Å². The van der Waals surface area contributed by atoms with Crippen molar-refractivity contribution in [1.29, 1.82) is 0 Å². The van der Waals surface area contributed by atoms with E-state index < -0.39 is 12.0 Å². The Morgan fingerprint density at radius 1 is 1.32 bits per heavy atom. The van der Waals surface area contributed by atoms with E-state index in [2.05, 4.69) is 0 Å². The molecule has 1 amide bonds. The summed E-state index contributed by atoms with van der Waals surface area (Å²) in [5.74, 6) is -0.139. The minimum atomic E-state index is -0.898. The lowest BCUT2D eigenvalue weighted by atomic mass is 9.95. The minimum Gasteiger partial charge on any atom is -0.497 e. The van der Waals surface area contributed by atoms with E-state index in [4.69, 9.17) is 4.74 Å². The van der Waals surface area contributed by atoms with Gasteiger partial charge in [0.25, 0.3) is 0 Å². The van der Waals surface area contributed by atoms with Crippen molar-refractivity contribution in [1.82, 2.24) is 4.90 Å². The summed E-state index contributed by atoms with van der Waals surface area (Å²) in [5, 5.41) is 9.26. The number of carboxylic acids is 1. The van der Waals surface area contributed by atoms with Crippen LogP contribution in [0.1, 0.15) is 44.1 Å². The number of carbonyl (C=O) groups excluding carboxylic acids is 1. The Kier molecular flexibility index (Phi) is 5.41. The predicted molar refractivity (Wildman–Crippen MR) is 83.0 cm³/mol. The van der Waals surface area contributed by atoms with E-state index >= 15 is 0 Å². The molecule has 5 heteroatoms. The van der Waals surface area contributed by atoms with Gasteiger partial charge in [-0.15, -0.1) is 0 Å². The second kappa shape index (κ2) is 7.29. The van der Waals surface area contributed by atoms with Crippen molar-refractivity contribution in [2.45, 2.75) is 44.6 Å². The van der Waals surface area contributed by atoms with Gasteiger partial charge in [0.05, 0.1) is 7.11 Å². The average Bonchev–Trinajstić information content (AvgIpc) is 2.54. The lowest BCUT2D eigenvalue weighted by Crippen LogP contribution is -2.48. The molecule has 0 radical (unpaired) electrons. The van der Waals surface area contributed by atoms with E-state index in [1.807, 2.05) is 31.2 Å². The molecular weight excluding hydrogens is 282 g/mol. The van der Waals surface area contributed by atoms with Gasteiger partial charge in [-0.2, -0.15) is 0 Å². The van der Waals surface area contributed by atoms with Crippen molar-refractivity contribution in [2.75, 3.05) is 13.7 Å². The highest BCUT2D eigenvalue weighted by Crippen LogP contribution is 2.25. The van der Waals surface area contributed by atoms with Gasteiger partial charge < -0.3 is 14.7 Å². The van der Waals surface area contributed by atoms with E-state index in [1.165, 1.54) is 4.90 Å². The van der Waals surface area contributed by atoms with E-state index in [0.29, 0.717) is 19.4 Å². The number of likely N-dealkylation sites (tertiary alicyclic amines) is 1. The van der Waals surface area contributed by atoms with Crippen molar-refractivity contribution in [3.05, 3.63) is 29.8 Å². The zero-order chi connectivity index (χ0) is 16.1. The summed E-state index contributed by atoms with van der Waals surface area (Å²) < 4.78 is 5.13. The van der Waals surface area contributed by atoms with Gasteiger partial charge in [-0.1, -0.05) is 19.1 Å². The molecule has 1 fully saturated rings. The fourth-order valence-electron chi connectivity index (χ4n) is 2.92. The summed E-state index contributed by atoms with van der Waals surface area (Å²) in [4.78, 5) is 25.3. The first-order valence-electron chi connectivity index (χ1n) is 7.69. The number of nitrogens with zero attached hydrogens (tertiary/aromatic N) is 1. The van der Waals surface area contributed by atoms with Crippen LogP contribution in [0.15, 0.2) is 24.3 Å². The molecular formula is C17H23NO4. The molecule has 1 aromatic carbocycles. The zero-order valence-corrected chi connectivity index (χ0v) is 13.1. The fourth-order valence-corrected chi connectivity index (χ4v) is 2.92. The second-order valence-electron chi connectivity index (χ2n) is 5.82. The van der Waals surface area contributed by atoms with Crippen LogP contribution < -0.4 is 4.74 Å². The number of carbonyl (C=O) groups is 2. The Morgan fingerprint density at radius 2 is 2.00 bits per heavy atom. The van der Waals surface area contributed by atoms with Crippen molar-refractivity contribution >= 4 is 11.9 Å². The van der Waals surface area contributed by atoms with Crippen LogP contribution in [0.25, 0.3) is 0 Å². The van der Waals surface area contributed by atoms with Crippen LogP contribution in [0.3, 0.4) is 0 Å². The average molecular weight is 305 g/mol. The minimum absolute atomic E-state index is 0.0507. The molecule has 1 aliphatic heterocycles. The van der Waals surface area contributed by atoms with Crippen molar-refractivity contribution in [3.8, 4) is 5.75 Å². The first kappa shape index (κ1) is 16.3. The van der Waals surface area contributed by atoms with Gasteiger partial charge in [0.15, 0.2) is 0 Å². The molecule has 22 heavy (non-hydrogen) atoms. The summed E-state index contributed by atoms with van der Waals surface area (Å²) >= 11 is 0. The SMILES string of the molecule is COc1ccc(C(C)CC(=O)N2CCCC[C@@H]2C(=O)O)cc1. The Hall–Kier alpha value is -2.04. The number of carboxylic acid groups (broad SMARTS) is 1. The maximum absolute atomic E-state index is 12.5. The lowest BCUT2D eigenvalue weighted by Gasteiger charge is -2.33. The van der Waals surface area contributed by atoms with Crippen LogP contribution in [0, 0.1) is 0 Å². The summed E-state index contributed by atoms with van der Waals surface area (Å²) in [7, 11) is 1.62. The van der Waals surface area contributed by atoms with Crippen LogP contribution in [0.5, 0.6) is 5.75 Å². The number of rotatable bonds is 5. The normalized spacial score (nSPS) is 19.5. The van der Waals surface area contributed by atoms with Crippen LogP contribution >= 0.6 is 0 Å². The van der Waals surface area contributed by atoms with Gasteiger partial charge in [-0.25, -0.2) is 4.79 Å². The van der Waals surface area contributed by atoms with Gasteiger partial charge in [0, 0.05) is 13.0 Å². The molecule has 2 atom stereocenters. The van der Waals surface area contributed by atoms with Gasteiger partial charge in [0.2, 0.25) is 5.91 Å². The Morgan fingerprint density at radius 3 is 2.59 bits per heavy atom. The maximum atomic E-state index is 12.5. The van der Waals surface area contributed by atoms with Gasteiger partial charge in [0.1, 0.15) is 11.8 Å². The van der Waals surface area contributed by atoms with Crippen LogP contribution in [0.2, 0.25) is 0 Å². The van der Waals surface area contributed by atoms with Crippen LogP contribution in [-0.4, -0.2) is 41.6 Å². The molecule has 0 bridgehead atoms. The Labute approximate surface area is 130 Å². The first-order valence-corrected chi connectivity index (χ1v) is 7.69. The number of benzene rings is 1. The Balaban J connectivity index is 2.01. The quantitative estimate of drug-likeness (QED) is 0.908. The lowest BCUT2D eigenvalue weighted by molar-refractivity contribution is -0.152. The summed E-state index contributed by atoms with van der Waals surface area (Å²) in [6.07, 6.45) is 2.63. The third kappa shape index (κ3) is 3.78. The molecule has 1 unspecified atom stereocenters. The molecule has 0 aromatic heterocycles. The molecule has 1 saturated heterocycles. The van der Waals surface area contributed by atoms with E-state index in [1.54, 1.807) is 7.11 Å². The first-order chi connectivity index (χ1) is 10.5. The molecule has 1 aromatic rings. The van der Waals surface area contributed by atoms with Crippen LogP contribution in [-0.2, 0) is 9.59 Å². The third-order valence-corrected chi connectivity index (χ3v) is 4.27. The molecule has 2 rings (SSSR count). The summed E-state index contributed by atoms with van der Waals surface area (Å²) in [6.45, 7) is 2.53. The monoisotopic (exact) mass is 305 g/mol. The molecule has 5 nitrogen and oxygen atoms in total. The molecule has 1 N–H and O–H groups in total. The number of methoxy groups -OCH3 is 1. The second-order valence-corrected chi connectivity index (χ2v) is 5.82. The number of hydrogen-bond acceptors (Lipinski definition) is 3. The number of amides is 1. The maximum Gasteiger partial charge on any atom is 0.326 e. The summed E-state index contributed by atoms with van der Waals surface area (Å²) in [6, 6.07) is 6.97. The number of piperidine rings is 1. The smallest absolute Gasteiger partial charge is 0.326 e. The highest BCUT2D eigenvalue weighted by molar-refractivity contribution is 5.84. The van der Waals surface area contributed by atoms with E-state index in [0.717, 1.165) is 24.2 Å². The molecule has 1 heterocycles. The molecule has 120 valence electrons. The Bertz CT molecular complexity index is 526. The topological polar surface area (TPSA) is 66.8 Å². The molecule has 1 aliphatic rings. The standard InChI is InChI=1S/C17H23NO4/c1-12(13-6-8-14(22-2)9-7-13)11-16(19)18-10-4-3-5-15(18)17(20)21/h6-9,12,15H,3-5,10-11H2,1-2H3,(H,20,21)/t12?,15-/m1/s1. The highest BCUT2D eigenvalue weighted by Gasteiger charge is 2.32.